The molecule has 0 unspecified atom stereocenters. The molecule has 0 heterocycles. The quantitative estimate of drug-likeness (QED) is 0.628. The Balaban J connectivity index is 1.86. The van der Waals surface area contributed by atoms with Gasteiger partial charge < -0.3 is 10.2 Å². The summed E-state index contributed by atoms with van der Waals surface area (Å²) in [6.45, 7) is 6.32. The third-order valence-electron chi connectivity index (χ3n) is 3.92. The summed E-state index contributed by atoms with van der Waals surface area (Å²) in [5.41, 5.74) is 9.09. The summed E-state index contributed by atoms with van der Waals surface area (Å²) < 4.78 is 0. The molecular weight excluding hydrogens is 312 g/mol. The highest BCUT2D eigenvalue weighted by Crippen LogP contribution is 2.21. The van der Waals surface area contributed by atoms with Gasteiger partial charge in [-0.05, 0) is 49.6 Å². The van der Waals surface area contributed by atoms with E-state index < -0.39 is 0 Å². The van der Waals surface area contributed by atoms with Crippen LogP contribution in [0.15, 0.2) is 41.5 Å². The normalized spacial score (nSPS) is 10.8. The fraction of sp³-hybridized carbons (Fsp3) is 0.300. The molecule has 2 N–H and O–H groups in total. The number of rotatable bonds is 6. The fourth-order valence-electron chi connectivity index (χ4n) is 2.70. The van der Waals surface area contributed by atoms with E-state index in [2.05, 4.69) is 34.9 Å². The number of hydrogen-bond acceptors (Lipinski definition) is 4. The molecule has 5 heteroatoms. The van der Waals surface area contributed by atoms with Gasteiger partial charge in [0.25, 0.3) is 5.91 Å². The summed E-state index contributed by atoms with van der Waals surface area (Å²) in [6.07, 6.45) is 1.64. The van der Waals surface area contributed by atoms with Crippen LogP contribution in [-0.2, 0) is 4.79 Å². The van der Waals surface area contributed by atoms with Crippen molar-refractivity contribution in [3.05, 3.63) is 58.7 Å². The van der Waals surface area contributed by atoms with Crippen molar-refractivity contribution in [1.29, 1.82) is 0 Å². The summed E-state index contributed by atoms with van der Waals surface area (Å²) in [6, 6.07) is 12.1. The van der Waals surface area contributed by atoms with Crippen LogP contribution in [-0.4, -0.2) is 32.8 Å². The summed E-state index contributed by atoms with van der Waals surface area (Å²) in [5, 5.41) is 7.19. The van der Waals surface area contributed by atoms with Gasteiger partial charge in [-0.3, -0.25) is 4.79 Å². The van der Waals surface area contributed by atoms with E-state index in [-0.39, 0.29) is 12.5 Å². The molecule has 25 heavy (non-hydrogen) atoms. The molecule has 2 rings (SSSR count). The molecule has 0 spiro atoms. The number of aryl methyl sites for hydroxylation is 3. The molecule has 5 nitrogen and oxygen atoms in total. The second-order valence-electron chi connectivity index (χ2n) is 6.41. The van der Waals surface area contributed by atoms with E-state index in [4.69, 9.17) is 0 Å². The lowest BCUT2D eigenvalue weighted by molar-refractivity contribution is -0.119. The third-order valence-corrected chi connectivity index (χ3v) is 3.92. The van der Waals surface area contributed by atoms with Crippen molar-refractivity contribution in [3.8, 4) is 0 Å². The van der Waals surface area contributed by atoms with Crippen LogP contribution in [0.4, 0.5) is 11.4 Å². The van der Waals surface area contributed by atoms with Crippen LogP contribution in [0.3, 0.4) is 0 Å². The molecule has 1 amide bonds. The van der Waals surface area contributed by atoms with Gasteiger partial charge in [-0.1, -0.05) is 29.8 Å². The summed E-state index contributed by atoms with van der Waals surface area (Å²) >= 11 is 0. The average Bonchev–Trinajstić information content (AvgIpc) is 2.54. The van der Waals surface area contributed by atoms with Crippen molar-refractivity contribution in [1.82, 2.24) is 5.43 Å². The van der Waals surface area contributed by atoms with Crippen molar-refractivity contribution in [3.63, 3.8) is 0 Å². The van der Waals surface area contributed by atoms with E-state index in [9.17, 15) is 4.79 Å². The minimum atomic E-state index is -0.180. The Morgan fingerprint density at radius 3 is 2.24 bits per heavy atom. The van der Waals surface area contributed by atoms with Gasteiger partial charge >= 0.3 is 0 Å². The number of anilines is 2. The zero-order chi connectivity index (χ0) is 18.4. The number of nitrogens with one attached hydrogen (secondary N) is 2. The molecule has 0 radical (unpaired) electrons. The molecule has 2 aromatic rings. The number of amides is 1. The maximum Gasteiger partial charge on any atom is 0.259 e. The number of carbonyl (C=O) groups is 1. The van der Waals surface area contributed by atoms with E-state index in [0.717, 1.165) is 28.1 Å². The Hall–Kier alpha value is -2.82. The van der Waals surface area contributed by atoms with Gasteiger partial charge in [0.1, 0.15) is 0 Å². The lowest BCUT2D eigenvalue weighted by Gasteiger charge is -2.13. The molecule has 0 atom stereocenters. The highest BCUT2D eigenvalue weighted by Gasteiger charge is 2.05. The highest BCUT2D eigenvalue weighted by molar-refractivity contribution is 5.84. The van der Waals surface area contributed by atoms with Crippen LogP contribution in [0, 0.1) is 20.8 Å². The molecule has 132 valence electrons. The van der Waals surface area contributed by atoms with Gasteiger partial charge in [0, 0.05) is 25.5 Å². The fourth-order valence-corrected chi connectivity index (χ4v) is 2.70. The first kappa shape index (κ1) is 18.5. The predicted molar refractivity (Wildman–Crippen MR) is 106 cm³/mol. The number of carbonyl (C=O) groups excluding carboxylic acids is 1. The smallest absolute Gasteiger partial charge is 0.259 e. The van der Waals surface area contributed by atoms with Crippen LogP contribution in [0.1, 0.15) is 22.3 Å². The van der Waals surface area contributed by atoms with E-state index >= 15 is 0 Å². The molecule has 0 aliphatic carbocycles. The van der Waals surface area contributed by atoms with Crippen LogP contribution in [0.5, 0.6) is 0 Å². The number of nitrogens with zero attached hydrogens (tertiary/aromatic N) is 2. The van der Waals surface area contributed by atoms with Crippen molar-refractivity contribution in [2.75, 3.05) is 30.9 Å². The van der Waals surface area contributed by atoms with Crippen molar-refractivity contribution < 1.29 is 4.79 Å². The van der Waals surface area contributed by atoms with Gasteiger partial charge in [0.2, 0.25) is 0 Å². The first-order valence-corrected chi connectivity index (χ1v) is 8.28. The number of hydrazone groups is 1. The maximum atomic E-state index is 11.9. The Morgan fingerprint density at radius 2 is 1.68 bits per heavy atom. The second-order valence-corrected chi connectivity index (χ2v) is 6.41. The van der Waals surface area contributed by atoms with Crippen LogP contribution >= 0.6 is 0 Å². The summed E-state index contributed by atoms with van der Waals surface area (Å²) in [5.74, 6) is -0.180. The van der Waals surface area contributed by atoms with Gasteiger partial charge in [-0.15, -0.1) is 0 Å². The molecule has 0 fully saturated rings. The molecule has 0 aliphatic rings. The summed E-state index contributed by atoms with van der Waals surface area (Å²) in [4.78, 5) is 14.0. The van der Waals surface area contributed by atoms with Crippen molar-refractivity contribution >= 4 is 23.5 Å². The first-order valence-electron chi connectivity index (χ1n) is 8.28. The lowest BCUT2D eigenvalue weighted by atomic mass is 10.1. The van der Waals surface area contributed by atoms with Gasteiger partial charge in [-0.25, -0.2) is 5.43 Å². The monoisotopic (exact) mass is 338 g/mol. The Kier molecular flexibility index (Phi) is 6.17. The van der Waals surface area contributed by atoms with Gasteiger partial charge in [0.15, 0.2) is 0 Å². The highest BCUT2D eigenvalue weighted by atomic mass is 16.2. The summed E-state index contributed by atoms with van der Waals surface area (Å²) in [7, 11) is 3.99. The first-order chi connectivity index (χ1) is 11.9. The van der Waals surface area contributed by atoms with Crippen molar-refractivity contribution in [2.24, 2.45) is 5.10 Å². The van der Waals surface area contributed by atoms with E-state index in [1.54, 1.807) is 6.21 Å². The van der Waals surface area contributed by atoms with Crippen LogP contribution in [0.2, 0.25) is 0 Å². The molecule has 0 bridgehead atoms. The maximum absolute atomic E-state index is 11.9. The SMILES string of the molecule is Cc1cc(C)c(NCC(=O)N/N=C\c2ccc(N(C)C)cc2)c(C)c1. The van der Waals surface area contributed by atoms with Gasteiger partial charge in [0.05, 0.1) is 12.8 Å². The topological polar surface area (TPSA) is 56.7 Å². The predicted octanol–water partition coefficient (Wildman–Crippen LogP) is 3.24. The molecule has 0 aromatic heterocycles. The lowest BCUT2D eigenvalue weighted by Crippen LogP contribution is -2.26. The molecular formula is C20H26N4O. The molecule has 2 aromatic carbocycles. The molecule has 0 aliphatic heterocycles. The minimum Gasteiger partial charge on any atom is -0.378 e. The van der Waals surface area contributed by atoms with Crippen LogP contribution in [0.25, 0.3) is 0 Å². The third kappa shape index (κ3) is 5.35. The zero-order valence-corrected chi connectivity index (χ0v) is 15.6. The van der Waals surface area contributed by atoms with Crippen molar-refractivity contribution in [2.45, 2.75) is 20.8 Å². The van der Waals surface area contributed by atoms with E-state index in [0.29, 0.717) is 0 Å². The minimum absolute atomic E-state index is 0.180. The van der Waals surface area contributed by atoms with E-state index in [1.165, 1.54) is 5.56 Å². The molecule has 0 saturated carbocycles. The standard InChI is InChI=1S/C20H26N4O/c1-14-10-15(2)20(16(3)11-14)21-13-19(25)23-22-12-17-6-8-18(9-7-17)24(4)5/h6-12,21H,13H2,1-5H3,(H,23,25)/b22-12-. The Bertz CT molecular complexity index is 741. The number of hydrogen-bond donors (Lipinski definition) is 2. The Labute approximate surface area is 149 Å². The van der Waals surface area contributed by atoms with Gasteiger partial charge in [-0.2, -0.15) is 5.10 Å². The second kappa shape index (κ2) is 8.33. The van der Waals surface area contributed by atoms with Crippen LogP contribution < -0.4 is 15.6 Å². The van der Waals surface area contributed by atoms with E-state index in [1.807, 2.05) is 57.1 Å². The average molecular weight is 338 g/mol. The zero-order valence-electron chi connectivity index (χ0n) is 15.6. The largest absolute Gasteiger partial charge is 0.378 e. The Morgan fingerprint density at radius 1 is 1.08 bits per heavy atom. The molecule has 0 saturated heterocycles. The number of benzene rings is 2.